The first-order chi connectivity index (χ1) is 8.41. The van der Waals surface area contributed by atoms with E-state index in [1.807, 2.05) is 0 Å². The molecule has 1 aromatic heterocycles. The van der Waals surface area contributed by atoms with E-state index in [4.69, 9.17) is 5.11 Å². The number of rotatable bonds is 6. The lowest BCUT2D eigenvalue weighted by molar-refractivity contribution is -0.385. The van der Waals surface area contributed by atoms with Crippen LogP contribution in [0.4, 0.5) is 5.69 Å². The molecule has 1 heterocycles. The van der Waals surface area contributed by atoms with E-state index in [0.29, 0.717) is 11.3 Å². The summed E-state index contributed by atoms with van der Waals surface area (Å²) in [7, 11) is 0. The molecule has 0 fully saturated rings. The van der Waals surface area contributed by atoms with E-state index in [-0.39, 0.29) is 23.5 Å². The number of hydrogen-bond donors (Lipinski definition) is 2. The van der Waals surface area contributed by atoms with Crippen LogP contribution in [-0.4, -0.2) is 28.5 Å². The third-order valence-corrected chi connectivity index (χ3v) is 3.20. The average molecular weight is 272 g/mol. The van der Waals surface area contributed by atoms with Gasteiger partial charge in [0, 0.05) is 19.0 Å². The minimum absolute atomic E-state index is 0.0239. The summed E-state index contributed by atoms with van der Waals surface area (Å²) in [5.74, 6) is -1.34. The molecule has 98 valence electrons. The van der Waals surface area contributed by atoms with Gasteiger partial charge in [-0.1, -0.05) is 0 Å². The standard InChI is InChI=1S/C10H12N2O5S/c1-6-7(12(16)17)5-8(18-6)10(15)11-4-2-3-9(13)14/h5H,2-4H2,1H3,(H,11,15)(H,13,14). The second kappa shape index (κ2) is 6.10. The Morgan fingerprint density at radius 2 is 2.22 bits per heavy atom. The Hall–Kier alpha value is -1.96. The number of thiophene rings is 1. The van der Waals surface area contributed by atoms with E-state index < -0.39 is 16.8 Å². The van der Waals surface area contributed by atoms with Crippen molar-refractivity contribution in [2.75, 3.05) is 6.54 Å². The van der Waals surface area contributed by atoms with Crippen LogP contribution in [0.3, 0.4) is 0 Å². The molecule has 0 aliphatic rings. The molecule has 7 nitrogen and oxygen atoms in total. The van der Waals surface area contributed by atoms with Crippen molar-refractivity contribution in [2.24, 2.45) is 0 Å². The maximum absolute atomic E-state index is 11.6. The Labute approximate surface area is 107 Å². The maximum atomic E-state index is 11.6. The van der Waals surface area contributed by atoms with Crippen molar-refractivity contribution >= 4 is 28.9 Å². The number of nitrogens with one attached hydrogen (secondary N) is 1. The normalized spacial score (nSPS) is 10.1. The van der Waals surface area contributed by atoms with Crippen LogP contribution in [0.2, 0.25) is 0 Å². The highest BCUT2D eigenvalue weighted by atomic mass is 32.1. The van der Waals surface area contributed by atoms with Crippen molar-refractivity contribution in [3.63, 3.8) is 0 Å². The van der Waals surface area contributed by atoms with Crippen LogP contribution < -0.4 is 5.32 Å². The molecule has 0 aliphatic heterocycles. The van der Waals surface area contributed by atoms with E-state index in [0.717, 1.165) is 11.3 Å². The van der Waals surface area contributed by atoms with Gasteiger partial charge in [0.2, 0.25) is 0 Å². The Morgan fingerprint density at radius 1 is 1.56 bits per heavy atom. The van der Waals surface area contributed by atoms with Crippen molar-refractivity contribution in [3.8, 4) is 0 Å². The average Bonchev–Trinajstić information content (AvgIpc) is 2.66. The summed E-state index contributed by atoms with van der Waals surface area (Å²) in [5.41, 5.74) is -0.0734. The summed E-state index contributed by atoms with van der Waals surface area (Å²) >= 11 is 1.05. The zero-order valence-electron chi connectivity index (χ0n) is 9.63. The molecule has 1 aromatic rings. The number of aryl methyl sites for hydroxylation is 1. The Morgan fingerprint density at radius 3 is 2.72 bits per heavy atom. The quantitative estimate of drug-likeness (QED) is 0.464. The van der Waals surface area contributed by atoms with Gasteiger partial charge in [-0.05, 0) is 13.3 Å². The van der Waals surface area contributed by atoms with Crippen molar-refractivity contribution in [1.29, 1.82) is 0 Å². The van der Waals surface area contributed by atoms with E-state index >= 15 is 0 Å². The number of carbonyl (C=O) groups excluding carboxylic acids is 1. The SMILES string of the molecule is Cc1sc(C(=O)NCCCC(=O)O)cc1[N+](=O)[O-]. The summed E-state index contributed by atoms with van der Waals surface area (Å²) in [5, 5.41) is 21.5. The van der Waals surface area contributed by atoms with Crippen molar-refractivity contribution < 1.29 is 19.6 Å². The van der Waals surface area contributed by atoms with Crippen LogP contribution in [0.5, 0.6) is 0 Å². The van der Waals surface area contributed by atoms with Gasteiger partial charge in [0.05, 0.1) is 14.7 Å². The summed E-state index contributed by atoms with van der Waals surface area (Å²) in [4.78, 5) is 32.7. The lowest BCUT2D eigenvalue weighted by Crippen LogP contribution is -2.24. The van der Waals surface area contributed by atoms with Crippen LogP contribution in [-0.2, 0) is 4.79 Å². The molecule has 0 aliphatic carbocycles. The fourth-order valence-electron chi connectivity index (χ4n) is 1.29. The van der Waals surface area contributed by atoms with Gasteiger partial charge < -0.3 is 10.4 Å². The predicted octanol–water partition coefficient (Wildman–Crippen LogP) is 1.56. The van der Waals surface area contributed by atoms with Gasteiger partial charge in [0.1, 0.15) is 0 Å². The maximum Gasteiger partial charge on any atom is 0.303 e. The monoisotopic (exact) mass is 272 g/mol. The second-order valence-electron chi connectivity index (χ2n) is 3.56. The highest BCUT2D eigenvalue weighted by Gasteiger charge is 2.19. The molecule has 0 unspecified atom stereocenters. The molecule has 1 rings (SSSR count). The fourth-order valence-corrected chi connectivity index (χ4v) is 2.20. The Kier molecular flexibility index (Phi) is 4.78. The number of amides is 1. The lowest BCUT2D eigenvalue weighted by Gasteiger charge is -2.00. The van der Waals surface area contributed by atoms with Crippen molar-refractivity contribution in [2.45, 2.75) is 19.8 Å². The molecule has 0 atom stereocenters. The topological polar surface area (TPSA) is 110 Å². The molecule has 18 heavy (non-hydrogen) atoms. The highest BCUT2D eigenvalue weighted by Crippen LogP contribution is 2.27. The number of aliphatic carboxylic acids is 1. The first kappa shape index (κ1) is 14.1. The molecule has 0 aromatic carbocycles. The molecule has 0 saturated carbocycles. The minimum atomic E-state index is -0.924. The van der Waals surface area contributed by atoms with Gasteiger partial charge in [-0.15, -0.1) is 11.3 Å². The molecule has 0 radical (unpaired) electrons. The molecule has 1 amide bonds. The van der Waals surface area contributed by atoms with E-state index in [1.165, 1.54) is 6.07 Å². The first-order valence-corrected chi connectivity index (χ1v) is 5.98. The van der Waals surface area contributed by atoms with E-state index in [9.17, 15) is 19.7 Å². The summed E-state index contributed by atoms with van der Waals surface area (Å²) in [6, 6.07) is 1.23. The molecule has 0 saturated heterocycles. The van der Waals surface area contributed by atoms with Crippen molar-refractivity contribution in [3.05, 3.63) is 25.9 Å². The number of carboxylic acids is 1. The number of carboxylic acid groups (broad SMARTS) is 1. The second-order valence-corrected chi connectivity index (χ2v) is 4.82. The minimum Gasteiger partial charge on any atom is -0.481 e. The molecular weight excluding hydrogens is 260 g/mol. The number of hydrogen-bond acceptors (Lipinski definition) is 5. The number of nitrogens with zero attached hydrogens (tertiary/aromatic N) is 1. The van der Waals surface area contributed by atoms with Crippen LogP contribution in [0, 0.1) is 17.0 Å². The van der Waals surface area contributed by atoms with E-state index in [2.05, 4.69) is 5.32 Å². The smallest absolute Gasteiger partial charge is 0.303 e. The van der Waals surface area contributed by atoms with Crippen LogP contribution in [0.1, 0.15) is 27.4 Å². The largest absolute Gasteiger partial charge is 0.481 e. The van der Waals surface area contributed by atoms with Gasteiger partial charge in [0.15, 0.2) is 0 Å². The van der Waals surface area contributed by atoms with Crippen LogP contribution in [0.15, 0.2) is 6.07 Å². The fraction of sp³-hybridized carbons (Fsp3) is 0.400. The number of carbonyl (C=O) groups is 2. The van der Waals surface area contributed by atoms with E-state index in [1.54, 1.807) is 6.92 Å². The summed E-state index contributed by atoms with van der Waals surface area (Å²) < 4.78 is 0. The van der Waals surface area contributed by atoms with Gasteiger partial charge in [-0.3, -0.25) is 19.7 Å². The summed E-state index contributed by atoms with van der Waals surface area (Å²) in [6.45, 7) is 1.81. The number of nitro groups is 1. The predicted molar refractivity (Wildman–Crippen MR) is 64.9 cm³/mol. The van der Waals surface area contributed by atoms with Crippen molar-refractivity contribution in [1.82, 2.24) is 5.32 Å². The zero-order chi connectivity index (χ0) is 13.7. The molecule has 0 spiro atoms. The van der Waals surface area contributed by atoms with Crippen LogP contribution >= 0.6 is 11.3 Å². The van der Waals surface area contributed by atoms with Gasteiger partial charge in [0.25, 0.3) is 11.6 Å². The molecular formula is C10H12N2O5S. The highest BCUT2D eigenvalue weighted by molar-refractivity contribution is 7.14. The van der Waals surface area contributed by atoms with Crippen LogP contribution in [0.25, 0.3) is 0 Å². The molecule has 8 heteroatoms. The Balaban J connectivity index is 2.54. The lowest BCUT2D eigenvalue weighted by atomic mass is 10.3. The van der Waals surface area contributed by atoms with Gasteiger partial charge >= 0.3 is 5.97 Å². The zero-order valence-corrected chi connectivity index (χ0v) is 10.5. The van der Waals surface area contributed by atoms with Gasteiger partial charge in [-0.25, -0.2) is 0 Å². The first-order valence-electron chi connectivity index (χ1n) is 5.16. The Bertz CT molecular complexity index is 483. The molecule has 0 bridgehead atoms. The van der Waals surface area contributed by atoms with Gasteiger partial charge in [-0.2, -0.15) is 0 Å². The molecule has 2 N–H and O–H groups in total. The third kappa shape index (κ3) is 3.81. The third-order valence-electron chi connectivity index (χ3n) is 2.17. The summed E-state index contributed by atoms with van der Waals surface area (Å²) in [6.07, 6.45) is 0.303.